The number of aromatic nitrogens is 5. The van der Waals surface area contributed by atoms with Gasteiger partial charge in [0.2, 0.25) is 0 Å². The Balaban J connectivity index is 1.45. The van der Waals surface area contributed by atoms with Gasteiger partial charge in [0.1, 0.15) is 5.82 Å². The summed E-state index contributed by atoms with van der Waals surface area (Å²) in [7, 11) is 0. The maximum absolute atomic E-state index is 12.2. The molecule has 3 heterocycles. The number of nitrogens with zero attached hydrogens (tertiary/aromatic N) is 6. The second-order valence-electron chi connectivity index (χ2n) is 6.88. The van der Waals surface area contributed by atoms with E-state index in [1.54, 1.807) is 17.1 Å². The summed E-state index contributed by atoms with van der Waals surface area (Å²) in [5.41, 5.74) is 0.947. The van der Waals surface area contributed by atoms with E-state index in [0.29, 0.717) is 19.0 Å². The minimum absolute atomic E-state index is 0.00832. The van der Waals surface area contributed by atoms with Gasteiger partial charge in [0.05, 0.1) is 24.8 Å². The molecule has 2 aromatic rings. The monoisotopic (exact) mass is 351 g/mol. The van der Waals surface area contributed by atoms with Gasteiger partial charge in [-0.3, -0.25) is 9.69 Å². The first-order chi connectivity index (χ1) is 12.7. The lowest BCUT2D eigenvalue weighted by molar-refractivity contribution is -0.116. The average Bonchev–Trinajstić information content (AvgIpc) is 3.12. The van der Waals surface area contributed by atoms with Crippen LogP contribution in [0, 0.1) is 24.7 Å². The zero-order chi connectivity index (χ0) is 17.9. The van der Waals surface area contributed by atoms with Gasteiger partial charge >= 0.3 is 0 Å². The van der Waals surface area contributed by atoms with Gasteiger partial charge < -0.3 is 5.32 Å². The number of rotatable bonds is 4. The number of carbonyl (C=O) groups is 1. The molecule has 2 aromatic heterocycles. The Hall–Kier alpha value is -2.79. The number of likely N-dealkylation sites (tertiary alicyclic amines) is 1. The zero-order valence-electron chi connectivity index (χ0n) is 14.7. The summed E-state index contributed by atoms with van der Waals surface area (Å²) in [6, 6.07) is 1.81. The van der Waals surface area contributed by atoms with Crippen LogP contribution >= 0.6 is 0 Å². The SMILES string of the molecule is Cc1ccnc(CN2C[C@@H](NC(=O)C#CC3CC3)[C@@H](n3ccnn3)C2)n1. The average molecular weight is 351 g/mol. The van der Waals surface area contributed by atoms with E-state index < -0.39 is 0 Å². The molecule has 2 aliphatic rings. The van der Waals surface area contributed by atoms with Crippen molar-refractivity contribution in [2.24, 2.45) is 5.92 Å². The highest BCUT2D eigenvalue weighted by atomic mass is 16.1. The minimum Gasteiger partial charge on any atom is -0.339 e. The van der Waals surface area contributed by atoms with Crippen LogP contribution in [0.25, 0.3) is 0 Å². The van der Waals surface area contributed by atoms with Crippen LogP contribution in [0.2, 0.25) is 0 Å². The normalized spacial score (nSPS) is 22.7. The molecule has 0 unspecified atom stereocenters. The Labute approximate surface area is 152 Å². The molecule has 8 heteroatoms. The van der Waals surface area contributed by atoms with Crippen LogP contribution in [0.5, 0.6) is 0 Å². The van der Waals surface area contributed by atoms with Crippen LogP contribution in [0.1, 0.15) is 30.4 Å². The highest BCUT2D eigenvalue weighted by Gasteiger charge is 2.35. The van der Waals surface area contributed by atoms with E-state index in [0.717, 1.165) is 30.9 Å². The molecule has 0 radical (unpaired) electrons. The molecular weight excluding hydrogens is 330 g/mol. The van der Waals surface area contributed by atoms with Crippen molar-refractivity contribution in [1.82, 2.24) is 35.2 Å². The molecule has 1 aliphatic heterocycles. The highest BCUT2D eigenvalue weighted by molar-refractivity contribution is 5.93. The molecule has 0 bridgehead atoms. The molecular formula is C18H21N7O. The topological polar surface area (TPSA) is 88.8 Å². The summed E-state index contributed by atoms with van der Waals surface area (Å²) in [5.74, 6) is 6.69. The molecule has 4 rings (SSSR count). The van der Waals surface area contributed by atoms with Gasteiger partial charge in [0, 0.05) is 37.1 Å². The molecule has 8 nitrogen and oxygen atoms in total. The van der Waals surface area contributed by atoms with E-state index in [9.17, 15) is 4.79 Å². The number of hydrogen-bond acceptors (Lipinski definition) is 6. The van der Waals surface area contributed by atoms with Crippen molar-refractivity contribution in [3.8, 4) is 11.8 Å². The summed E-state index contributed by atoms with van der Waals surface area (Å²) >= 11 is 0. The lowest BCUT2D eigenvalue weighted by atomic mass is 10.2. The Bertz CT molecular complexity index is 835. The Kier molecular flexibility index (Phi) is 4.63. The van der Waals surface area contributed by atoms with Crippen LogP contribution in [0.4, 0.5) is 0 Å². The molecule has 2 fully saturated rings. The number of aryl methyl sites for hydroxylation is 1. The smallest absolute Gasteiger partial charge is 0.296 e. The minimum atomic E-state index is -0.222. The van der Waals surface area contributed by atoms with E-state index in [-0.39, 0.29) is 18.0 Å². The first kappa shape index (κ1) is 16.7. The van der Waals surface area contributed by atoms with Gasteiger partial charge in [-0.15, -0.1) is 5.10 Å². The molecule has 1 saturated carbocycles. The number of carbonyl (C=O) groups excluding carboxylic acids is 1. The molecule has 1 saturated heterocycles. The van der Waals surface area contributed by atoms with Crippen molar-refractivity contribution in [2.75, 3.05) is 13.1 Å². The fourth-order valence-electron chi connectivity index (χ4n) is 3.18. The van der Waals surface area contributed by atoms with Crippen LogP contribution in [0.3, 0.4) is 0 Å². The van der Waals surface area contributed by atoms with Crippen molar-refractivity contribution < 1.29 is 4.79 Å². The Morgan fingerprint density at radius 3 is 2.96 bits per heavy atom. The molecule has 0 aromatic carbocycles. The second-order valence-corrected chi connectivity index (χ2v) is 6.88. The van der Waals surface area contributed by atoms with Gasteiger partial charge in [0.25, 0.3) is 5.91 Å². The number of hydrogen-bond donors (Lipinski definition) is 1. The van der Waals surface area contributed by atoms with E-state index in [1.807, 2.05) is 19.2 Å². The molecule has 26 heavy (non-hydrogen) atoms. The molecule has 134 valence electrons. The van der Waals surface area contributed by atoms with Crippen molar-refractivity contribution in [1.29, 1.82) is 0 Å². The van der Waals surface area contributed by atoms with Crippen molar-refractivity contribution >= 4 is 5.91 Å². The van der Waals surface area contributed by atoms with Crippen LogP contribution in [-0.4, -0.2) is 54.9 Å². The van der Waals surface area contributed by atoms with E-state index in [2.05, 4.69) is 42.3 Å². The second kappa shape index (κ2) is 7.22. The van der Waals surface area contributed by atoms with E-state index in [1.165, 1.54) is 0 Å². The number of nitrogens with one attached hydrogen (secondary N) is 1. The maximum Gasteiger partial charge on any atom is 0.296 e. The predicted molar refractivity (Wildman–Crippen MR) is 93.5 cm³/mol. The van der Waals surface area contributed by atoms with Crippen molar-refractivity contribution in [2.45, 2.75) is 38.4 Å². The van der Waals surface area contributed by atoms with Crippen LogP contribution in [-0.2, 0) is 11.3 Å². The first-order valence-corrected chi connectivity index (χ1v) is 8.86. The third kappa shape index (κ3) is 4.06. The Morgan fingerprint density at radius 1 is 1.35 bits per heavy atom. The van der Waals surface area contributed by atoms with Gasteiger partial charge in [-0.05, 0) is 31.8 Å². The standard InChI is InChI=1S/C18H21N7O/c1-13-6-7-19-17(21-13)12-24-10-15(16(11-24)25-9-8-20-23-25)22-18(26)5-4-14-2-3-14/h6-9,14-16H,2-3,10-12H2,1H3,(H,22,26)/t15-,16+/m1/s1. The first-order valence-electron chi connectivity index (χ1n) is 8.86. The van der Waals surface area contributed by atoms with Gasteiger partial charge in [-0.2, -0.15) is 0 Å². The van der Waals surface area contributed by atoms with Crippen LogP contribution < -0.4 is 5.32 Å². The summed E-state index contributed by atoms with van der Waals surface area (Å²) in [5, 5.41) is 11.1. The van der Waals surface area contributed by atoms with Crippen LogP contribution in [0.15, 0.2) is 24.7 Å². The molecule has 1 amide bonds. The third-order valence-electron chi connectivity index (χ3n) is 4.64. The van der Waals surface area contributed by atoms with Gasteiger partial charge in [-0.25, -0.2) is 14.6 Å². The third-order valence-corrected chi connectivity index (χ3v) is 4.64. The number of amides is 1. The van der Waals surface area contributed by atoms with Crippen molar-refractivity contribution in [3.63, 3.8) is 0 Å². The van der Waals surface area contributed by atoms with Gasteiger partial charge in [-0.1, -0.05) is 11.1 Å². The summed E-state index contributed by atoms with van der Waals surface area (Å²) in [6.45, 7) is 4.02. The quantitative estimate of drug-likeness (QED) is 0.799. The molecule has 1 aliphatic carbocycles. The largest absolute Gasteiger partial charge is 0.339 e. The molecule has 1 N–H and O–H groups in total. The fraction of sp³-hybridized carbons (Fsp3) is 0.500. The van der Waals surface area contributed by atoms with E-state index in [4.69, 9.17) is 0 Å². The fourth-order valence-corrected chi connectivity index (χ4v) is 3.18. The zero-order valence-corrected chi connectivity index (χ0v) is 14.7. The lowest BCUT2D eigenvalue weighted by Gasteiger charge is -2.18. The van der Waals surface area contributed by atoms with Gasteiger partial charge in [0.15, 0.2) is 0 Å². The Morgan fingerprint density at radius 2 is 2.23 bits per heavy atom. The predicted octanol–water partition coefficient (Wildman–Crippen LogP) is 0.332. The maximum atomic E-state index is 12.2. The molecule has 2 atom stereocenters. The summed E-state index contributed by atoms with van der Waals surface area (Å²) in [6.07, 6.45) is 7.46. The highest BCUT2D eigenvalue weighted by Crippen LogP contribution is 2.27. The summed E-state index contributed by atoms with van der Waals surface area (Å²) < 4.78 is 1.80. The molecule has 0 spiro atoms. The lowest BCUT2D eigenvalue weighted by Crippen LogP contribution is -2.41. The van der Waals surface area contributed by atoms with Crippen molar-refractivity contribution in [3.05, 3.63) is 36.2 Å². The summed E-state index contributed by atoms with van der Waals surface area (Å²) in [4.78, 5) is 23.2. The van der Waals surface area contributed by atoms with E-state index >= 15 is 0 Å².